The van der Waals surface area contributed by atoms with Crippen LogP contribution in [0.3, 0.4) is 0 Å². The van der Waals surface area contributed by atoms with Gasteiger partial charge in [0.25, 0.3) is 23.5 Å². The molecule has 7 rings (SSSR count). The minimum Gasteiger partial charge on any atom is -0.493 e. The van der Waals surface area contributed by atoms with E-state index in [4.69, 9.17) is 23.7 Å². The number of aliphatic carboxylic acids is 1. The van der Waals surface area contributed by atoms with Crippen molar-refractivity contribution in [1.82, 2.24) is 26.6 Å². The molecule has 25 nitrogen and oxygen atoms in total. The van der Waals surface area contributed by atoms with Gasteiger partial charge in [-0.2, -0.15) is 23.5 Å². The van der Waals surface area contributed by atoms with Crippen LogP contribution in [0, 0.1) is 0 Å². The lowest BCUT2D eigenvalue weighted by Crippen LogP contribution is -2.68. The number of unbranched alkanes of at least 4 members (excludes halogenated alkanes) is 2. The number of nitrogens with one attached hydrogen (secondary N) is 5. The molecule has 2 aliphatic rings. The van der Waals surface area contributed by atoms with E-state index >= 15 is 0 Å². The number of carbonyl (C=O) groups excluding carboxylic acids is 7. The van der Waals surface area contributed by atoms with Gasteiger partial charge < -0.3 is 86.0 Å². The van der Waals surface area contributed by atoms with Crippen LogP contribution in [0.15, 0.2) is 127 Å². The Balaban J connectivity index is 0.819. The van der Waals surface area contributed by atoms with Crippen molar-refractivity contribution >= 4 is 71.1 Å². The zero-order valence-electron chi connectivity index (χ0n) is 55.7. The average molecular weight is 1410 g/mol. The zero-order valence-corrected chi connectivity index (χ0v) is 57.3. The van der Waals surface area contributed by atoms with Crippen molar-refractivity contribution in [2.45, 2.75) is 151 Å². The van der Waals surface area contributed by atoms with Crippen LogP contribution in [0.25, 0.3) is 22.3 Å². The van der Waals surface area contributed by atoms with Crippen molar-refractivity contribution in [3.05, 3.63) is 150 Å². The summed E-state index contributed by atoms with van der Waals surface area (Å²) in [7, 11) is 0. The van der Waals surface area contributed by atoms with E-state index in [9.17, 15) is 74.1 Å². The van der Waals surface area contributed by atoms with E-state index in [-0.39, 0.29) is 48.8 Å². The van der Waals surface area contributed by atoms with Crippen LogP contribution in [0.1, 0.15) is 120 Å². The maximum absolute atomic E-state index is 13.6. The van der Waals surface area contributed by atoms with E-state index in [1.165, 1.54) is 30.4 Å². The summed E-state index contributed by atoms with van der Waals surface area (Å²) in [4.78, 5) is 103. The predicted octanol–water partition coefficient (Wildman–Crippen LogP) is 4.85. The first-order valence-corrected chi connectivity index (χ1v) is 35.5. The second kappa shape index (κ2) is 39.4. The number of carboxylic acid groups (broad SMARTS) is 1. The largest absolute Gasteiger partial charge is 0.493 e. The molecule has 2 fully saturated rings. The predicted molar refractivity (Wildman–Crippen MR) is 371 cm³/mol. The number of aliphatic hydroxyl groups excluding tert-OH is 6. The van der Waals surface area contributed by atoms with Crippen LogP contribution >= 0.6 is 23.5 Å². The number of ether oxygens (including phenoxy) is 5. The van der Waals surface area contributed by atoms with E-state index in [1.807, 2.05) is 67.6 Å². The summed E-state index contributed by atoms with van der Waals surface area (Å²) in [5.41, 5.74) is 4.85. The number of rotatable bonds is 40. The molecule has 0 bridgehead atoms. The lowest BCUT2D eigenvalue weighted by atomic mass is 9.88. The zero-order chi connectivity index (χ0) is 71.5. The number of hydrogen-bond acceptors (Lipinski definition) is 21. The van der Waals surface area contributed by atoms with Gasteiger partial charge in [0.2, 0.25) is 17.6 Å². The quantitative estimate of drug-likeness (QED) is 0.0142. The Hall–Kier alpha value is -7.64. The fraction of sp³-hybridized carbons (Fsp3) is 0.472. The van der Waals surface area contributed by atoms with Gasteiger partial charge in [-0.05, 0) is 102 Å². The number of aliphatic hydroxyl groups is 6. The molecule has 12 atom stereocenters. The molecule has 5 aromatic rings. The maximum Gasteiger partial charge on any atom is 0.364 e. The third-order valence-corrected chi connectivity index (χ3v) is 18.9. The van der Waals surface area contributed by atoms with Crippen molar-refractivity contribution < 1.29 is 97.8 Å². The van der Waals surface area contributed by atoms with Crippen LogP contribution in [0.4, 0.5) is 0 Å². The Morgan fingerprint density at radius 1 is 0.566 bits per heavy atom. The third kappa shape index (κ3) is 23.2. The highest BCUT2D eigenvalue weighted by Crippen LogP contribution is 2.36. The molecule has 2 saturated heterocycles. The summed E-state index contributed by atoms with van der Waals surface area (Å²) in [6.07, 6.45) is -10.3. The lowest BCUT2D eigenvalue weighted by Gasteiger charge is -2.46. The van der Waals surface area contributed by atoms with E-state index in [1.54, 1.807) is 66.7 Å². The fourth-order valence-corrected chi connectivity index (χ4v) is 13.0. The third-order valence-electron chi connectivity index (χ3n) is 16.7. The van der Waals surface area contributed by atoms with Gasteiger partial charge in [-0.1, -0.05) is 111 Å². The molecular formula is C72H91N5O20S2. The van der Waals surface area contributed by atoms with Crippen molar-refractivity contribution in [2.24, 2.45) is 0 Å². The Kier molecular flexibility index (Phi) is 31.3. The SMILES string of the molecule is CCCCCOc1cc(C(=O)CCCSCCCO[C@]2(C(=O)O)C[C@H](O)[C@@H](NC(C)=O)[C@H]([C@H](O)[C@H](O)CNC(=O)c3ccc(-c4ccccc4)cc3)O2)ccc1C(=O)NCCSCCCO[C@]1(C=O)C[C@H](O)[C@@H](NC(C)=O)[C@H]([C@H](O)[C@H](O)CNC(=O)c2ccc(-c3ccccc3)cc2)O1. The topological polar surface area (TPSA) is 384 Å². The molecule has 0 unspecified atom stereocenters. The van der Waals surface area contributed by atoms with Crippen molar-refractivity contribution in [3.63, 3.8) is 0 Å². The number of amides is 5. The highest BCUT2D eigenvalue weighted by molar-refractivity contribution is 7.99. The second-order valence-electron chi connectivity index (χ2n) is 24.2. The van der Waals surface area contributed by atoms with Gasteiger partial charge in [0.15, 0.2) is 12.1 Å². The summed E-state index contributed by atoms with van der Waals surface area (Å²) in [6, 6.07) is 34.7. The molecule has 0 aliphatic carbocycles. The summed E-state index contributed by atoms with van der Waals surface area (Å²) < 4.78 is 29.7. The van der Waals surface area contributed by atoms with Crippen LogP contribution in [-0.2, 0) is 38.1 Å². The molecular weight excluding hydrogens is 1320 g/mol. The average Bonchev–Trinajstić information content (AvgIpc) is 0.783. The maximum atomic E-state index is 13.6. The second-order valence-corrected chi connectivity index (χ2v) is 26.7. The highest BCUT2D eigenvalue weighted by atomic mass is 32.2. The van der Waals surface area contributed by atoms with Gasteiger partial charge >= 0.3 is 5.97 Å². The standard InChI is InChI=1S/C72H91N5O20S2/c1-4-5-12-32-93-60-39-53(55(81)20-13-35-98-36-15-34-95-72(70(91)92)41-57(83)62(77-46(3)80)66(97-72)64(87)59(85)43-75-68(89)52-27-23-50(24-28-52)48-18-10-7-11-19-48)29-30-54(60)69(90)73-31-38-99-37-14-33-94-71(44-78)40-56(82)61(76-45(2)79)65(96-71)63(86)58(84)42-74-67(88)51-25-21-49(22-26-51)47-16-8-6-9-17-47/h6-11,16-19,21-30,39,44,56-59,61-66,82-87H,4-5,12-15,20,31-38,40-43H2,1-3H3,(H,73,90)(H,74,88)(H,75,89)(H,76,79)(H,77,80)(H,91,92)/t56-,57-,58+,59+,61+,62+,63+,64+,65+,66+,71+,72+/m0/s1. The number of benzene rings is 5. The van der Waals surface area contributed by atoms with E-state index in [2.05, 4.69) is 26.6 Å². The number of ketones is 1. The van der Waals surface area contributed by atoms with Gasteiger partial charge in [0.1, 0.15) is 30.2 Å². The molecule has 0 spiro atoms. The molecule has 0 saturated carbocycles. The molecule has 536 valence electrons. The molecule has 12 N–H and O–H groups in total. The highest BCUT2D eigenvalue weighted by Gasteiger charge is 2.56. The summed E-state index contributed by atoms with van der Waals surface area (Å²) in [5, 5.41) is 90.7. The van der Waals surface area contributed by atoms with E-state index in [0.29, 0.717) is 66.3 Å². The van der Waals surface area contributed by atoms with Crippen molar-refractivity contribution in [3.8, 4) is 28.0 Å². The van der Waals surface area contributed by atoms with Gasteiger partial charge in [-0.15, -0.1) is 0 Å². The van der Waals surface area contributed by atoms with Crippen LogP contribution in [-0.4, -0.2) is 218 Å². The van der Waals surface area contributed by atoms with E-state index in [0.717, 1.165) is 48.4 Å². The first-order chi connectivity index (χ1) is 47.6. The van der Waals surface area contributed by atoms with Crippen LogP contribution in [0.2, 0.25) is 0 Å². The number of carbonyl (C=O) groups is 8. The summed E-state index contributed by atoms with van der Waals surface area (Å²) >= 11 is 2.97. The van der Waals surface area contributed by atoms with Gasteiger partial charge in [-0.3, -0.25) is 33.6 Å². The normalized spacial score (nSPS) is 21.7. The van der Waals surface area contributed by atoms with Gasteiger partial charge in [0, 0.05) is 75.2 Å². The number of aldehydes is 1. The Morgan fingerprint density at radius 3 is 1.57 bits per heavy atom. The van der Waals surface area contributed by atoms with Crippen molar-refractivity contribution in [2.75, 3.05) is 62.5 Å². The summed E-state index contributed by atoms with van der Waals surface area (Å²) in [6.45, 7) is 3.82. The molecule has 2 heterocycles. The van der Waals surface area contributed by atoms with Crippen molar-refractivity contribution in [1.29, 1.82) is 0 Å². The van der Waals surface area contributed by atoms with E-state index < -0.39 is 134 Å². The van der Waals surface area contributed by atoms with Gasteiger partial charge in [-0.25, -0.2) is 4.79 Å². The molecule has 5 amide bonds. The molecule has 27 heteroatoms. The Labute approximate surface area is 583 Å². The Morgan fingerprint density at radius 2 is 1.05 bits per heavy atom. The molecule has 2 aliphatic heterocycles. The molecule has 0 aromatic heterocycles. The minimum atomic E-state index is -2.49. The number of Topliss-reactive ketones (excluding diaryl/α,β-unsaturated/α-hetero) is 1. The number of thioether (sulfide) groups is 2. The molecule has 99 heavy (non-hydrogen) atoms. The first-order valence-electron chi connectivity index (χ1n) is 33.1. The smallest absolute Gasteiger partial charge is 0.364 e. The number of hydrogen-bond donors (Lipinski definition) is 12. The Bertz CT molecular complexity index is 3430. The van der Waals surface area contributed by atoms with Gasteiger partial charge in [0.05, 0.1) is 61.9 Å². The first kappa shape index (κ1) is 78.7. The van der Waals surface area contributed by atoms with Crippen LogP contribution in [0.5, 0.6) is 5.75 Å². The molecule has 0 radical (unpaired) electrons. The monoisotopic (exact) mass is 1410 g/mol. The fourth-order valence-electron chi connectivity index (χ4n) is 11.4. The van der Waals surface area contributed by atoms with Crippen LogP contribution < -0.4 is 31.3 Å². The molecule has 5 aromatic carbocycles. The minimum absolute atomic E-state index is 0.0350. The lowest BCUT2D eigenvalue weighted by molar-refractivity contribution is -0.310. The summed E-state index contributed by atoms with van der Waals surface area (Å²) in [5.74, 6) is -6.78. The number of carboxylic acids is 1.